The molecule has 3 aromatic carbocycles. The van der Waals surface area contributed by atoms with E-state index in [4.69, 9.17) is 18.6 Å². The summed E-state index contributed by atoms with van der Waals surface area (Å²) in [6, 6.07) is 17.6. The van der Waals surface area contributed by atoms with Crippen molar-refractivity contribution >= 4 is 16.9 Å². The first-order valence-electron chi connectivity index (χ1n) is 10.9. The van der Waals surface area contributed by atoms with Crippen LogP contribution in [0.15, 0.2) is 76.1 Å². The minimum Gasteiger partial charge on any atom is -0.486 e. The van der Waals surface area contributed by atoms with Gasteiger partial charge in [-0.25, -0.2) is 4.79 Å². The highest BCUT2D eigenvalue weighted by molar-refractivity contribution is 5.92. The zero-order valence-corrected chi connectivity index (χ0v) is 18.1. The number of fused-ring (bicyclic) bond motifs is 2. The summed E-state index contributed by atoms with van der Waals surface area (Å²) in [4.78, 5) is 26.0. The van der Waals surface area contributed by atoms with Gasteiger partial charge in [0.2, 0.25) is 5.43 Å². The maximum absolute atomic E-state index is 13.4. The van der Waals surface area contributed by atoms with E-state index in [1.807, 2.05) is 19.1 Å². The summed E-state index contributed by atoms with van der Waals surface area (Å²) in [5.74, 6) is 1.20. The standard InChI is InChI=1S/C27H22O6/c1-2-6-19-13-20-24(15-23(19)33-27(29)17-7-4-3-5-8-17)32-16-21(26(20)28)18-9-10-22-25(14-18)31-12-11-30-22/h3-5,7-10,13-16H,2,6,11-12H2,1H3. The smallest absolute Gasteiger partial charge is 0.343 e. The lowest BCUT2D eigenvalue weighted by molar-refractivity contribution is 0.0733. The molecule has 33 heavy (non-hydrogen) atoms. The Hall–Kier alpha value is -4.06. The number of benzene rings is 3. The third-order valence-electron chi connectivity index (χ3n) is 5.54. The Balaban J connectivity index is 1.55. The van der Waals surface area contributed by atoms with Crippen LogP contribution in [0.25, 0.3) is 22.1 Å². The van der Waals surface area contributed by atoms with E-state index in [0.717, 1.165) is 12.0 Å². The molecule has 1 aliphatic heterocycles. The molecule has 0 bridgehead atoms. The molecule has 2 heterocycles. The molecule has 0 N–H and O–H groups in total. The van der Waals surface area contributed by atoms with Gasteiger partial charge in [0.05, 0.1) is 16.5 Å². The van der Waals surface area contributed by atoms with E-state index in [0.29, 0.717) is 64.5 Å². The Kier molecular flexibility index (Phi) is 5.57. The molecule has 0 aliphatic carbocycles. The summed E-state index contributed by atoms with van der Waals surface area (Å²) < 4.78 is 22.7. The van der Waals surface area contributed by atoms with E-state index in [-0.39, 0.29) is 5.43 Å². The molecule has 0 atom stereocenters. The Bertz CT molecular complexity index is 1390. The molecule has 0 radical (unpaired) electrons. The van der Waals surface area contributed by atoms with Crippen molar-refractivity contribution in [2.24, 2.45) is 0 Å². The zero-order chi connectivity index (χ0) is 22.8. The Morgan fingerprint density at radius 2 is 1.76 bits per heavy atom. The van der Waals surface area contributed by atoms with Crippen molar-refractivity contribution in [3.63, 3.8) is 0 Å². The van der Waals surface area contributed by atoms with Crippen molar-refractivity contribution < 1.29 is 23.4 Å². The van der Waals surface area contributed by atoms with Gasteiger partial charge < -0.3 is 18.6 Å². The van der Waals surface area contributed by atoms with E-state index in [2.05, 4.69) is 0 Å². The fourth-order valence-electron chi connectivity index (χ4n) is 3.90. The Labute approximate surface area is 190 Å². The Morgan fingerprint density at radius 1 is 0.970 bits per heavy atom. The number of esters is 1. The Morgan fingerprint density at radius 3 is 2.55 bits per heavy atom. The molecule has 6 nitrogen and oxygen atoms in total. The van der Waals surface area contributed by atoms with E-state index in [1.165, 1.54) is 6.26 Å². The van der Waals surface area contributed by atoms with Crippen LogP contribution in [0.2, 0.25) is 0 Å². The lowest BCUT2D eigenvalue weighted by Gasteiger charge is -2.18. The first kappa shape index (κ1) is 20.8. The van der Waals surface area contributed by atoms with Crippen LogP contribution in [0.3, 0.4) is 0 Å². The number of carbonyl (C=O) groups is 1. The van der Waals surface area contributed by atoms with E-state index < -0.39 is 5.97 Å². The van der Waals surface area contributed by atoms with Crippen LogP contribution in [0.1, 0.15) is 29.3 Å². The minimum atomic E-state index is -0.456. The highest BCUT2D eigenvalue weighted by Crippen LogP contribution is 2.35. The van der Waals surface area contributed by atoms with Crippen LogP contribution >= 0.6 is 0 Å². The second-order valence-electron chi connectivity index (χ2n) is 7.80. The lowest BCUT2D eigenvalue weighted by atomic mass is 10.0. The predicted molar refractivity (Wildman–Crippen MR) is 124 cm³/mol. The monoisotopic (exact) mass is 442 g/mol. The molecule has 5 rings (SSSR count). The number of rotatable bonds is 5. The van der Waals surface area contributed by atoms with Gasteiger partial charge >= 0.3 is 5.97 Å². The second-order valence-corrected chi connectivity index (χ2v) is 7.80. The van der Waals surface area contributed by atoms with E-state index in [1.54, 1.807) is 48.5 Å². The van der Waals surface area contributed by atoms with Crippen molar-refractivity contribution in [1.82, 2.24) is 0 Å². The zero-order valence-electron chi connectivity index (χ0n) is 18.1. The summed E-state index contributed by atoms with van der Waals surface area (Å²) in [6.07, 6.45) is 2.91. The largest absolute Gasteiger partial charge is 0.486 e. The van der Waals surface area contributed by atoms with Gasteiger partial charge in [-0.3, -0.25) is 4.79 Å². The van der Waals surface area contributed by atoms with Gasteiger partial charge in [0.1, 0.15) is 30.8 Å². The molecule has 0 unspecified atom stereocenters. The maximum Gasteiger partial charge on any atom is 0.343 e. The molecule has 0 saturated carbocycles. The van der Waals surface area contributed by atoms with Gasteiger partial charge in [-0.05, 0) is 47.9 Å². The van der Waals surface area contributed by atoms with Gasteiger partial charge in [0.15, 0.2) is 11.5 Å². The third-order valence-corrected chi connectivity index (χ3v) is 5.54. The first-order valence-corrected chi connectivity index (χ1v) is 10.9. The van der Waals surface area contributed by atoms with Crippen LogP contribution in [0.4, 0.5) is 0 Å². The number of aryl methyl sites for hydroxylation is 1. The number of carbonyl (C=O) groups excluding carboxylic acids is 1. The molecule has 6 heteroatoms. The normalized spacial score (nSPS) is 12.5. The summed E-state index contributed by atoms with van der Waals surface area (Å²) in [6.45, 7) is 3.00. The van der Waals surface area contributed by atoms with Crippen LogP contribution < -0.4 is 19.6 Å². The van der Waals surface area contributed by atoms with Crippen LogP contribution in [-0.4, -0.2) is 19.2 Å². The summed E-state index contributed by atoms with van der Waals surface area (Å²) >= 11 is 0. The second kappa shape index (κ2) is 8.82. The van der Waals surface area contributed by atoms with Gasteiger partial charge in [0.25, 0.3) is 0 Å². The van der Waals surface area contributed by atoms with Crippen LogP contribution in [0, 0.1) is 0 Å². The molecule has 0 fully saturated rings. The van der Waals surface area contributed by atoms with Gasteiger partial charge in [0, 0.05) is 6.07 Å². The van der Waals surface area contributed by atoms with Crippen LogP contribution in [-0.2, 0) is 6.42 Å². The van der Waals surface area contributed by atoms with Crippen molar-refractivity contribution in [3.8, 4) is 28.4 Å². The SMILES string of the molecule is CCCc1cc2c(=O)c(-c3ccc4c(c3)OCCO4)coc2cc1OC(=O)c1ccccc1. The van der Waals surface area contributed by atoms with E-state index in [9.17, 15) is 9.59 Å². The van der Waals surface area contributed by atoms with Gasteiger partial charge in [-0.15, -0.1) is 0 Å². The molecular weight excluding hydrogens is 420 g/mol. The summed E-state index contributed by atoms with van der Waals surface area (Å²) in [7, 11) is 0. The number of hydrogen-bond donors (Lipinski definition) is 0. The maximum atomic E-state index is 13.4. The number of hydrogen-bond acceptors (Lipinski definition) is 6. The fourth-order valence-corrected chi connectivity index (χ4v) is 3.90. The van der Waals surface area contributed by atoms with Crippen LogP contribution in [0.5, 0.6) is 17.2 Å². The minimum absolute atomic E-state index is 0.161. The first-order chi connectivity index (χ1) is 16.1. The van der Waals surface area contributed by atoms with Crippen molar-refractivity contribution in [3.05, 3.63) is 88.3 Å². The van der Waals surface area contributed by atoms with Crippen molar-refractivity contribution in [2.75, 3.05) is 13.2 Å². The topological polar surface area (TPSA) is 75.0 Å². The van der Waals surface area contributed by atoms with Crippen molar-refractivity contribution in [2.45, 2.75) is 19.8 Å². The lowest BCUT2D eigenvalue weighted by Crippen LogP contribution is -2.15. The highest BCUT2D eigenvalue weighted by atomic mass is 16.6. The third kappa shape index (κ3) is 4.07. The number of ether oxygens (including phenoxy) is 3. The highest BCUT2D eigenvalue weighted by Gasteiger charge is 2.18. The van der Waals surface area contributed by atoms with Gasteiger partial charge in [-0.1, -0.05) is 37.6 Å². The van der Waals surface area contributed by atoms with Crippen molar-refractivity contribution in [1.29, 1.82) is 0 Å². The molecule has 166 valence electrons. The van der Waals surface area contributed by atoms with E-state index >= 15 is 0 Å². The summed E-state index contributed by atoms with van der Waals surface area (Å²) in [5.41, 5.74) is 2.54. The molecule has 4 aromatic rings. The average Bonchev–Trinajstić information content (AvgIpc) is 2.85. The fraction of sp³-hybridized carbons (Fsp3) is 0.185. The molecule has 0 amide bonds. The molecule has 1 aliphatic rings. The predicted octanol–water partition coefficient (Wildman–Crippen LogP) is 5.40. The molecule has 0 spiro atoms. The molecular formula is C27H22O6. The molecule has 0 saturated heterocycles. The quantitative estimate of drug-likeness (QED) is 0.304. The molecule has 1 aromatic heterocycles. The average molecular weight is 442 g/mol. The van der Waals surface area contributed by atoms with Gasteiger partial charge in [-0.2, -0.15) is 0 Å². The summed E-state index contributed by atoms with van der Waals surface area (Å²) in [5, 5.41) is 0.436.